The molecule has 0 bridgehead atoms. The number of anilines is 2. The van der Waals surface area contributed by atoms with Gasteiger partial charge in [0, 0.05) is 59.2 Å². The first-order valence-electron chi connectivity index (χ1n) is 11.6. The Kier molecular flexibility index (Phi) is 8.28. The highest BCUT2D eigenvalue weighted by Gasteiger charge is 2.22. The molecule has 1 saturated heterocycles. The van der Waals surface area contributed by atoms with Gasteiger partial charge in [0.1, 0.15) is 11.5 Å². The van der Waals surface area contributed by atoms with Crippen molar-refractivity contribution >= 4 is 45.2 Å². The van der Waals surface area contributed by atoms with Crippen molar-refractivity contribution in [2.24, 2.45) is 0 Å². The molecule has 1 aliphatic heterocycles. The third kappa shape index (κ3) is 6.26. The number of rotatable bonds is 7. The van der Waals surface area contributed by atoms with Gasteiger partial charge in [0.05, 0.1) is 14.2 Å². The Morgan fingerprint density at radius 2 is 1.58 bits per heavy atom. The van der Waals surface area contributed by atoms with Crippen LogP contribution in [0.4, 0.5) is 11.4 Å². The summed E-state index contributed by atoms with van der Waals surface area (Å²) in [5.74, 6) is 1.23. The maximum Gasteiger partial charge on any atom is 0.253 e. The van der Waals surface area contributed by atoms with Crippen molar-refractivity contribution in [1.29, 1.82) is 0 Å². The molecule has 1 N–H and O–H groups in total. The minimum absolute atomic E-state index is 0.0314. The number of methoxy groups -OCH3 is 2. The molecule has 0 unspecified atom stereocenters. The van der Waals surface area contributed by atoms with Crippen LogP contribution in [0.15, 0.2) is 77.3 Å². The zero-order chi connectivity index (χ0) is 25.5. The van der Waals surface area contributed by atoms with E-state index in [1.165, 1.54) is 6.08 Å². The highest BCUT2D eigenvalue weighted by molar-refractivity contribution is 9.10. The van der Waals surface area contributed by atoms with Gasteiger partial charge < -0.3 is 24.6 Å². The lowest BCUT2D eigenvalue weighted by molar-refractivity contribution is -0.111. The van der Waals surface area contributed by atoms with E-state index in [2.05, 4.69) is 26.1 Å². The molecule has 4 rings (SSSR count). The normalized spacial score (nSPS) is 13.5. The predicted molar refractivity (Wildman–Crippen MR) is 146 cm³/mol. The van der Waals surface area contributed by atoms with Gasteiger partial charge in [-0.2, -0.15) is 0 Å². The van der Waals surface area contributed by atoms with Crippen LogP contribution in [0.1, 0.15) is 15.9 Å². The molecule has 0 radical (unpaired) electrons. The number of hydrogen-bond donors (Lipinski definition) is 1. The molecule has 1 aliphatic rings. The molecule has 3 aromatic rings. The number of piperazine rings is 1. The number of halogens is 1. The first kappa shape index (κ1) is 25.3. The molecule has 8 heteroatoms. The van der Waals surface area contributed by atoms with Crippen molar-refractivity contribution in [3.8, 4) is 11.5 Å². The van der Waals surface area contributed by atoms with E-state index in [1.54, 1.807) is 44.6 Å². The summed E-state index contributed by atoms with van der Waals surface area (Å²) in [4.78, 5) is 29.3. The molecular formula is C28H28BrN3O4. The molecule has 0 aliphatic carbocycles. The topological polar surface area (TPSA) is 71.1 Å². The fourth-order valence-electron chi connectivity index (χ4n) is 4.02. The zero-order valence-corrected chi connectivity index (χ0v) is 21.8. The molecule has 0 spiro atoms. The summed E-state index contributed by atoms with van der Waals surface area (Å²) in [6.07, 6.45) is 3.21. The Labute approximate surface area is 219 Å². The van der Waals surface area contributed by atoms with E-state index in [0.29, 0.717) is 30.1 Å². The summed E-state index contributed by atoms with van der Waals surface area (Å²) in [6, 6.07) is 20.6. The summed E-state index contributed by atoms with van der Waals surface area (Å²) in [5, 5.41) is 2.88. The molecule has 1 fully saturated rings. The number of benzene rings is 3. The van der Waals surface area contributed by atoms with Crippen LogP contribution in [0.5, 0.6) is 11.5 Å². The van der Waals surface area contributed by atoms with Crippen molar-refractivity contribution in [3.05, 3.63) is 88.4 Å². The van der Waals surface area contributed by atoms with E-state index in [9.17, 15) is 9.59 Å². The van der Waals surface area contributed by atoms with Crippen LogP contribution in [-0.4, -0.2) is 57.1 Å². The molecule has 0 atom stereocenters. The van der Waals surface area contributed by atoms with Crippen LogP contribution in [-0.2, 0) is 4.79 Å². The summed E-state index contributed by atoms with van der Waals surface area (Å²) < 4.78 is 11.4. The lowest BCUT2D eigenvalue weighted by Gasteiger charge is -2.36. The van der Waals surface area contributed by atoms with E-state index in [1.807, 2.05) is 47.4 Å². The van der Waals surface area contributed by atoms with Crippen LogP contribution in [0.2, 0.25) is 0 Å². The van der Waals surface area contributed by atoms with Gasteiger partial charge in [-0.1, -0.05) is 15.9 Å². The van der Waals surface area contributed by atoms with Crippen molar-refractivity contribution < 1.29 is 19.1 Å². The largest absolute Gasteiger partial charge is 0.497 e. The van der Waals surface area contributed by atoms with Crippen LogP contribution in [0.25, 0.3) is 6.08 Å². The molecule has 3 aromatic carbocycles. The summed E-state index contributed by atoms with van der Waals surface area (Å²) >= 11 is 3.43. The first-order valence-corrected chi connectivity index (χ1v) is 12.4. The summed E-state index contributed by atoms with van der Waals surface area (Å²) in [7, 11) is 3.21. The second-order valence-corrected chi connectivity index (χ2v) is 9.18. The van der Waals surface area contributed by atoms with E-state index >= 15 is 0 Å². The van der Waals surface area contributed by atoms with Crippen molar-refractivity contribution in [2.75, 3.05) is 50.6 Å². The molecule has 0 saturated carbocycles. The third-order valence-corrected chi connectivity index (χ3v) is 6.50. The second kappa shape index (κ2) is 11.8. The van der Waals surface area contributed by atoms with Gasteiger partial charge in [0.15, 0.2) is 0 Å². The van der Waals surface area contributed by atoms with Crippen molar-refractivity contribution in [2.45, 2.75) is 0 Å². The highest BCUT2D eigenvalue weighted by atomic mass is 79.9. The van der Waals surface area contributed by atoms with Gasteiger partial charge in [0.25, 0.3) is 5.91 Å². The van der Waals surface area contributed by atoms with Crippen LogP contribution in [0, 0.1) is 0 Å². The van der Waals surface area contributed by atoms with Gasteiger partial charge in [-0.25, -0.2) is 0 Å². The number of nitrogens with zero attached hydrogens (tertiary/aromatic N) is 2. The number of hydrogen-bond acceptors (Lipinski definition) is 5. The third-order valence-electron chi connectivity index (χ3n) is 6.01. The van der Waals surface area contributed by atoms with Crippen molar-refractivity contribution in [3.63, 3.8) is 0 Å². The number of carbonyl (C=O) groups is 2. The maximum atomic E-state index is 12.8. The van der Waals surface area contributed by atoms with Crippen LogP contribution in [0.3, 0.4) is 0 Å². The Morgan fingerprint density at radius 1 is 0.889 bits per heavy atom. The predicted octanol–water partition coefficient (Wildman–Crippen LogP) is 5.08. The maximum absolute atomic E-state index is 12.8. The SMILES string of the molecule is COc1ccc(C(=O)N2CCN(c3ccc(NC(=O)/C=C/c4cc(Br)ccc4OC)cc3)CC2)cc1. The van der Waals surface area contributed by atoms with Crippen molar-refractivity contribution in [1.82, 2.24) is 4.90 Å². The first-order chi connectivity index (χ1) is 17.5. The lowest BCUT2D eigenvalue weighted by Crippen LogP contribution is -2.48. The van der Waals surface area contributed by atoms with Crippen LogP contribution < -0.4 is 19.7 Å². The summed E-state index contributed by atoms with van der Waals surface area (Å²) in [5.41, 5.74) is 3.24. The minimum Gasteiger partial charge on any atom is -0.497 e. The number of ether oxygens (including phenoxy) is 2. The Bertz CT molecular complexity index is 1230. The fourth-order valence-corrected chi connectivity index (χ4v) is 4.40. The van der Waals surface area contributed by atoms with Gasteiger partial charge >= 0.3 is 0 Å². The van der Waals surface area contributed by atoms with Gasteiger partial charge in [-0.05, 0) is 72.8 Å². The average molecular weight is 550 g/mol. The number of amides is 2. The second-order valence-electron chi connectivity index (χ2n) is 8.26. The monoisotopic (exact) mass is 549 g/mol. The molecule has 2 amide bonds. The standard InChI is InChI=1S/C28H28BrN3O4/c1-35-25-11-3-20(4-12-25)28(34)32-17-15-31(16-18-32)24-9-7-23(8-10-24)30-27(33)14-5-21-19-22(29)6-13-26(21)36-2/h3-14,19H,15-18H2,1-2H3,(H,30,33)/b14-5+. The number of carbonyl (C=O) groups excluding carboxylic acids is 2. The van der Waals surface area contributed by atoms with E-state index < -0.39 is 0 Å². The van der Waals surface area contributed by atoms with Gasteiger partial charge in [-0.3, -0.25) is 9.59 Å². The molecule has 0 aromatic heterocycles. The summed E-state index contributed by atoms with van der Waals surface area (Å²) in [6.45, 7) is 2.77. The molecule has 186 valence electrons. The Hall–Kier alpha value is -3.78. The van der Waals surface area contributed by atoms with E-state index in [4.69, 9.17) is 9.47 Å². The number of nitrogens with one attached hydrogen (secondary N) is 1. The zero-order valence-electron chi connectivity index (χ0n) is 20.2. The van der Waals surface area contributed by atoms with E-state index in [0.717, 1.165) is 34.6 Å². The molecule has 7 nitrogen and oxygen atoms in total. The van der Waals surface area contributed by atoms with E-state index in [-0.39, 0.29) is 11.8 Å². The smallest absolute Gasteiger partial charge is 0.253 e. The molecule has 1 heterocycles. The van der Waals surface area contributed by atoms with Gasteiger partial charge in [0.2, 0.25) is 5.91 Å². The van der Waals surface area contributed by atoms with Gasteiger partial charge in [-0.15, -0.1) is 0 Å². The lowest BCUT2D eigenvalue weighted by atomic mass is 10.1. The fraction of sp³-hybridized carbons (Fsp3) is 0.214. The highest BCUT2D eigenvalue weighted by Crippen LogP contribution is 2.24. The Morgan fingerprint density at radius 3 is 2.22 bits per heavy atom. The van der Waals surface area contributed by atoms with Crippen LogP contribution >= 0.6 is 15.9 Å². The molecule has 36 heavy (non-hydrogen) atoms. The Balaban J connectivity index is 1.30. The molecular weight excluding hydrogens is 522 g/mol. The quantitative estimate of drug-likeness (QED) is 0.416. The average Bonchev–Trinajstić information content (AvgIpc) is 2.92. The minimum atomic E-state index is -0.226.